The number of nitrogens with zero attached hydrogens (tertiary/aromatic N) is 3. The van der Waals surface area contributed by atoms with Gasteiger partial charge in [0, 0.05) is 23.5 Å². The van der Waals surface area contributed by atoms with Crippen LogP contribution >= 0.6 is 0 Å². The number of rotatable bonds is 4. The van der Waals surface area contributed by atoms with E-state index in [9.17, 15) is 22.7 Å². The number of fused-ring (bicyclic) bond motifs is 1. The van der Waals surface area contributed by atoms with Crippen LogP contribution in [0.3, 0.4) is 0 Å². The summed E-state index contributed by atoms with van der Waals surface area (Å²) < 4.78 is 38.7. The van der Waals surface area contributed by atoms with Gasteiger partial charge in [0.1, 0.15) is 5.65 Å². The minimum absolute atomic E-state index is 0.159. The van der Waals surface area contributed by atoms with Gasteiger partial charge in [-0.3, -0.25) is 9.36 Å². The van der Waals surface area contributed by atoms with Gasteiger partial charge in [-0.1, -0.05) is 0 Å². The zero-order valence-corrected chi connectivity index (χ0v) is 17.3. The monoisotopic (exact) mass is 432 g/mol. The first-order chi connectivity index (χ1) is 14.1. The molecule has 0 radical (unpaired) electrons. The lowest BCUT2D eigenvalue weighted by molar-refractivity contribution is 0.0263. The lowest BCUT2D eigenvalue weighted by Crippen LogP contribution is -2.38. The normalized spacial score (nSPS) is 21.8. The van der Waals surface area contributed by atoms with Gasteiger partial charge >= 0.3 is 0 Å². The van der Waals surface area contributed by atoms with Gasteiger partial charge in [-0.2, -0.15) is 4.98 Å². The van der Waals surface area contributed by atoms with Gasteiger partial charge in [0.25, 0.3) is 5.56 Å². The zero-order chi connectivity index (χ0) is 21.7. The molecule has 4 rings (SSSR count). The Labute approximate surface area is 172 Å². The zero-order valence-electron chi connectivity index (χ0n) is 16.5. The highest BCUT2D eigenvalue weighted by Crippen LogP contribution is 2.39. The number of benzene rings is 1. The number of anilines is 2. The lowest BCUT2D eigenvalue weighted by atomic mass is 10.00. The van der Waals surface area contributed by atoms with E-state index in [1.807, 2.05) is 0 Å². The van der Waals surface area contributed by atoms with E-state index in [1.165, 1.54) is 22.9 Å². The molecule has 1 saturated carbocycles. The summed E-state index contributed by atoms with van der Waals surface area (Å²) in [5.41, 5.74) is -1.22. The summed E-state index contributed by atoms with van der Waals surface area (Å²) in [5.74, 6) is -0.766. The van der Waals surface area contributed by atoms with Crippen molar-refractivity contribution in [1.29, 1.82) is 0 Å². The van der Waals surface area contributed by atoms with Crippen molar-refractivity contribution < 1.29 is 17.9 Å². The minimum atomic E-state index is -3.31. The molecule has 2 N–H and O–H groups in total. The van der Waals surface area contributed by atoms with E-state index in [0.717, 1.165) is 12.3 Å². The van der Waals surface area contributed by atoms with Crippen molar-refractivity contribution in [3.63, 3.8) is 0 Å². The summed E-state index contributed by atoms with van der Waals surface area (Å²) >= 11 is 0. The average Bonchev–Trinajstić information content (AvgIpc) is 3.02. The molecule has 0 aliphatic heterocycles. The number of halogens is 1. The van der Waals surface area contributed by atoms with E-state index < -0.39 is 32.9 Å². The van der Waals surface area contributed by atoms with Crippen LogP contribution in [0, 0.1) is 5.82 Å². The fourth-order valence-electron chi connectivity index (χ4n) is 3.89. The first-order valence-corrected chi connectivity index (χ1v) is 11.3. The van der Waals surface area contributed by atoms with Gasteiger partial charge in [0.05, 0.1) is 16.5 Å². The molecule has 1 fully saturated rings. The predicted octanol–water partition coefficient (Wildman–Crippen LogP) is 2.55. The molecule has 1 aliphatic rings. The van der Waals surface area contributed by atoms with Crippen LogP contribution in [0.5, 0.6) is 0 Å². The Hall–Kier alpha value is -2.85. The van der Waals surface area contributed by atoms with Gasteiger partial charge in [-0.25, -0.2) is 17.8 Å². The Kier molecular flexibility index (Phi) is 4.86. The minimum Gasteiger partial charge on any atom is -0.388 e. The van der Waals surface area contributed by atoms with E-state index in [0.29, 0.717) is 30.3 Å². The summed E-state index contributed by atoms with van der Waals surface area (Å²) in [6.45, 7) is 1.64. The predicted molar refractivity (Wildman–Crippen MR) is 110 cm³/mol. The van der Waals surface area contributed by atoms with Gasteiger partial charge in [-0.05, 0) is 56.5 Å². The number of aliphatic hydroxyl groups is 1. The highest BCUT2D eigenvalue weighted by molar-refractivity contribution is 7.90. The number of hydrogen-bond acceptors (Lipinski definition) is 7. The second-order valence-corrected chi connectivity index (χ2v) is 9.84. The van der Waals surface area contributed by atoms with Gasteiger partial charge in [-0.15, -0.1) is 0 Å². The summed E-state index contributed by atoms with van der Waals surface area (Å²) in [6.07, 6.45) is 4.28. The molecule has 30 heavy (non-hydrogen) atoms. The van der Waals surface area contributed by atoms with Crippen LogP contribution in [0.4, 0.5) is 16.0 Å². The molecule has 0 amide bonds. The van der Waals surface area contributed by atoms with Gasteiger partial charge in [0.15, 0.2) is 15.7 Å². The van der Waals surface area contributed by atoms with Crippen LogP contribution in [0.25, 0.3) is 11.0 Å². The van der Waals surface area contributed by atoms with Crippen molar-refractivity contribution >= 4 is 32.5 Å². The molecule has 3 aromatic rings. The van der Waals surface area contributed by atoms with E-state index in [1.54, 1.807) is 19.1 Å². The fourth-order valence-corrected chi connectivity index (χ4v) is 4.52. The van der Waals surface area contributed by atoms with Crippen molar-refractivity contribution in [2.75, 3.05) is 11.6 Å². The van der Waals surface area contributed by atoms with Crippen LogP contribution in [0.15, 0.2) is 46.2 Å². The Morgan fingerprint density at radius 3 is 2.60 bits per heavy atom. The maximum absolute atomic E-state index is 14.3. The number of sulfone groups is 1. The van der Waals surface area contributed by atoms with E-state index in [4.69, 9.17) is 0 Å². The lowest BCUT2D eigenvalue weighted by Gasteiger charge is -2.28. The Balaban J connectivity index is 1.78. The molecule has 2 atom stereocenters. The SMILES string of the molecule is C[C@@]1(O)CCC[C@H]1n1c(=O)c(F)cc2cnc(Nc3ccc(S(C)(=O)=O)cc3)nc21. The summed E-state index contributed by atoms with van der Waals surface area (Å²) in [6, 6.07) is 6.55. The number of hydrogen-bond donors (Lipinski definition) is 2. The average molecular weight is 432 g/mol. The molecule has 2 aromatic heterocycles. The first-order valence-electron chi connectivity index (χ1n) is 9.43. The topological polar surface area (TPSA) is 114 Å². The Morgan fingerprint density at radius 1 is 1.30 bits per heavy atom. The summed E-state index contributed by atoms with van der Waals surface area (Å²) in [4.78, 5) is 21.3. The van der Waals surface area contributed by atoms with Crippen molar-refractivity contribution in [2.24, 2.45) is 0 Å². The first kappa shape index (κ1) is 20.4. The maximum Gasteiger partial charge on any atom is 0.288 e. The molecule has 158 valence electrons. The second-order valence-electron chi connectivity index (χ2n) is 7.83. The largest absolute Gasteiger partial charge is 0.388 e. The maximum atomic E-state index is 14.3. The third kappa shape index (κ3) is 3.68. The second kappa shape index (κ2) is 7.13. The third-order valence-electron chi connectivity index (χ3n) is 5.46. The molecule has 0 saturated heterocycles. The highest BCUT2D eigenvalue weighted by atomic mass is 32.2. The van der Waals surface area contributed by atoms with Gasteiger partial charge in [0.2, 0.25) is 5.95 Å². The quantitative estimate of drug-likeness (QED) is 0.651. The van der Waals surface area contributed by atoms with Crippen LogP contribution in [-0.2, 0) is 9.84 Å². The third-order valence-corrected chi connectivity index (χ3v) is 6.59. The molecule has 0 spiro atoms. The van der Waals surface area contributed by atoms with E-state index in [-0.39, 0.29) is 16.5 Å². The summed E-state index contributed by atoms with van der Waals surface area (Å²) in [5, 5.41) is 14.0. The molecule has 0 unspecified atom stereocenters. The molecule has 10 heteroatoms. The standard InChI is InChI=1S/C20H21FN4O4S/c1-20(27)9-3-4-16(20)25-17-12(10-15(21)18(25)26)11-22-19(24-17)23-13-5-7-14(8-6-13)30(2,28)29/h5-8,10-11,16,27H,3-4,9H2,1-2H3,(H,22,23,24)/t16-,20-/m1/s1. The van der Waals surface area contributed by atoms with E-state index >= 15 is 0 Å². The smallest absolute Gasteiger partial charge is 0.288 e. The molecule has 8 nitrogen and oxygen atoms in total. The van der Waals surface area contributed by atoms with Gasteiger partial charge < -0.3 is 10.4 Å². The van der Waals surface area contributed by atoms with Crippen molar-refractivity contribution in [2.45, 2.75) is 42.7 Å². The van der Waals surface area contributed by atoms with E-state index in [2.05, 4.69) is 15.3 Å². The van der Waals surface area contributed by atoms with Crippen molar-refractivity contribution in [3.8, 4) is 0 Å². The fraction of sp³-hybridized carbons (Fsp3) is 0.350. The Bertz CT molecular complexity index is 1290. The Morgan fingerprint density at radius 2 is 2.00 bits per heavy atom. The molecular weight excluding hydrogens is 411 g/mol. The summed E-state index contributed by atoms with van der Waals surface area (Å²) in [7, 11) is -3.31. The molecular formula is C20H21FN4O4S. The van der Waals surface area contributed by atoms with Crippen LogP contribution < -0.4 is 10.9 Å². The van der Waals surface area contributed by atoms with Crippen LogP contribution in [-0.4, -0.2) is 39.9 Å². The van der Waals surface area contributed by atoms with Crippen molar-refractivity contribution in [3.05, 3.63) is 52.7 Å². The molecule has 2 heterocycles. The number of pyridine rings is 1. The molecule has 0 bridgehead atoms. The van der Waals surface area contributed by atoms with Crippen LogP contribution in [0.2, 0.25) is 0 Å². The van der Waals surface area contributed by atoms with Crippen molar-refractivity contribution in [1.82, 2.24) is 14.5 Å². The highest BCUT2D eigenvalue weighted by Gasteiger charge is 2.39. The number of nitrogens with one attached hydrogen (secondary N) is 1. The molecule has 1 aromatic carbocycles. The van der Waals surface area contributed by atoms with Crippen LogP contribution in [0.1, 0.15) is 32.2 Å². The number of aromatic nitrogens is 3. The molecule has 1 aliphatic carbocycles.